The van der Waals surface area contributed by atoms with E-state index in [1.807, 2.05) is 5.32 Å². The maximum Gasteiger partial charge on any atom is 0.471 e. The predicted molar refractivity (Wildman–Crippen MR) is 64.9 cm³/mol. The standard InChI is InChI=1S/C12H19F3N2O3/c1-11(2,3)20-9(18)8-7(5-4-6-16-8)17-10(19)12(13,14)15/h7-8,16H,4-6H2,1-3H3,(H,17,19)/t7-,8+/m1/s1. The summed E-state index contributed by atoms with van der Waals surface area (Å²) in [5.74, 6) is -2.70. The van der Waals surface area contributed by atoms with E-state index in [-0.39, 0.29) is 0 Å². The monoisotopic (exact) mass is 296 g/mol. The number of piperidine rings is 1. The van der Waals surface area contributed by atoms with Crippen molar-refractivity contribution in [1.29, 1.82) is 0 Å². The van der Waals surface area contributed by atoms with Gasteiger partial charge in [-0.2, -0.15) is 13.2 Å². The van der Waals surface area contributed by atoms with E-state index in [0.29, 0.717) is 19.4 Å². The molecule has 116 valence electrons. The lowest BCUT2D eigenvalue weighted by atomic mass is 9.98. The fourth-order valence-electron chi connectivity index (χ4n) is 1.91. The van der Waals surface area contributed by atoms with Gasteiger partial charge in [0.15, 0.2) is 0 Å². The molecule has 2 N–H and O–H groups in total. The summed E-state index contributed by atoms with van der Waals surface area (Å²) in [6, 6.07) is -1.89. The van der Waals surface area contributed by atoms with Crippen molar-refractivity contribution in [2.75, 3.05) is 6.54 Å². The molecule has 0 spiro atoms. The molecule has 1 fully saturated rings. The highest BCUT2D eigenvalue weighted by atomic mass is 19.4. The molecule has 20 heavy (non-hydrogen) atoms. The molecule has 0 aromatic carbocycles. The van der Waals surface area contributed by atoms with Gasteiger partial charge in [-0.05, 0) is 40.2 Å². The zero-order chi connectivity index (χ0) is 15.6. The second kappa shape index (κ2) is 5.99. The Hall–Kier alpha value is -1.31. The summed E-state index contributed by atoms with van der Waals surface area (Å²) in [4.78, 5) is 22.9. The van der Waals surface area contributed by atoms with Crippen LogP contribution >= 0.6 is 0 Å². The van der Waals surface area contributed by atoms with Crippen LogP contribution in [0.25, 0.3) is 0 Å². The highest BCUT2D eigenvalue weighted by Gasteiger charge is 2.43. The molecule has 1 aliphatic heterocycles. The van der Waals surface area contributed by atoms with Crippen LogP contribution in [0.4, 0.5) is 13.2 Å². The zero-order valence-electron chi connectivity index (χ0n) is 11.6. The van der Waals surface area contributed by atoms with E-state index in [2.05, 4.69) is 5.32 Å². The van der Waals surface area contributed by atoms with E-state index in [9.17, 15) is 22.8 Å². The van der Waals surface area contributed by atoms with Crippen molar-refractivity contribution in [3.8, 4) is 0 Å². The average Bonchev–Trinajstić information content (AvgIpc) is 2.25. The summed E-state index contributed by atoms with van der Waals surface area (Å²) in [5.41, 5.74) is -0.741. The van der Waals surface area contributed by atoms with E-state index in [4.69, 9.17) is 4.74 Å². The first kappa shape index (κ1) is 16.7. The van der Waals surface area contributed by atoms with Crippen molar-refractivity contribution in [3.05, 3.63) is 0 Å². The highest BCUT2D eigenvalue weighted by molar-refractivity contribution is 5.84. The van der Waals surface area contributed by atoms with Gasteiger partial charge in [0.25, 0.3) is 0 Å². The average molecular weight is 296 g/mol. The van der Waals surface area contributed by atoms with Gasteiger partial charge < -0.3 is 15.4 Å². The van der Waals surface area contributed by atoms with E-state index < -0.39 is 35.7 Å². The number of rotatable bonds is 2. The van der Waals surface area contributed by atoms with Crippen molar-refractivity contribution >= 4 is 11.9 Å². The lowest BCUT2D eigenvalue weighted by Gasteiger charge is -2.33. The molecule has 0 radical (unpaired) electrons. The number of hydrogen-bond donors (Lipinski definition) is 2. The molecule has 1 aliphatic rings. The van der Waals surface area contributed by atoms with Gasteiger partial charge in [-0.1, -0.05) is 0 Å². The third kappa shape index (κ3) is 4.99. The van der Waals surface area contributed by atoms with Crippen molar-refractivity contribution in [1.82, 2.24) is 10.6 Å². The van der Waals surface area contributed by atoms with Crippen LogP contribution in [-0.2, 0) is 14.3 Å². The van der Waals surface area contributed by atoms with Crippen molar-refractivity contribution in [2.24, 2.45) is 0 Å². The minimum Gasteiger partial charge on any atom is -0.459 e. The lowest BCUT2D eigenvalue weighted by molar-refractivity contribution is -0.175. The summed E-state index contributed by atoms with van der Waals surface area (Å²) >= 11 is 0. The Morgan fingerprint density at radius 3 is 2.35 bits per heavy atom. The van der Waals surface area contributed by atoms with Crippen LogP contribution < -0.4 is 10.6 Å². The van der Waals surface area contributed by atoms with Gasteiger partial charge in [-0.15, -0.1) is 0 Å². The van der Waals surface area contributed by atoms with Crippen LogP contribution in [0.1, 0.15) is 33.6 Å². The van der Waals surface area contributed by atoms with E-state index in [0.717, 1.165) is 0 Å². The summed E-state index contributed by atoms with van der Waals surface area (Å²) in [7, 11) is 0. The number of hydrogen-bond acceptors (Lipinski definition) is 4. The van der Waals surface area contributed by atoms with Crippen molar-refractivity contribution in [3.63, 3.8) is 0 Å². The SMILES string of the molecule is CC(C)(C)OC(=O)[C@H]1NCCC[C@H]1NC(=O)C(F)(F)F. The molecule has 1 rings (SSSR count). The maximum atomic E-state index is 12.3. The molecular formula is C12H19F3N2O3. The largest absolute Gasteiger partial charge is 0.471 e. The summed E-state index contributed by atoms with van der Waals surface area (Å²) < 4.78 is 41.9. The molecule has 0 aromatic rings. The third-order valence-electron chi connectivity index (χ3n) is 2.69. The Kier molecular flexibility index (Phi) is 5.01. The Balaban J connectivity index is 2.72. The number of ether oxygens (including phenoxy) is 1. The maximum absolute atomic E-state index is 12.3. The second-order valence-corrected chi connectivity index (χ2v) is 5.69. The molecule has 1 heterocycles. The van der Waals surface area contributed by atoms with E-state index in [1.165, 1.54) is 0 Å². The van der Waals surface area contributed by atoms with Crippen molar-refractivity contribution in [2.45, 2.75) is 57.5 Å². The predicted octanol–water partition coefficient (Wildman–Crippen LogP) is 1.13. The highest BCUT2D eigenvalue weighted by Crippen LogP contribution is 2.18. The molecule has 0 unspecified atom stereocenters. The van der Waals surface area contributed by atoms with Gasteiger partial charge in [-0.3, -0.25) is 9.59 Å². The van der Waals surface area contributed by atoms with Crippen LogP contribution in [0.15, 0.2) is 0 Å². The quantitative estimate of drug-likeness (QED) is 0.750. The van der Waals surface area contributed by atoms with Gasteiger partial charge in [0.2, 0.25) is 0 Å². The van der Waals surface area contributed by atoms with Gasteiger partial charge in [-0.25, -0.2) is 0 Å². The number of amides is 1. The molecule has 8 heteroatoms. The molecule has 0 saturated carbocycles. The number of alkyl halides is 3. The third-order valence-corrected chi connectivity index (χ3v) is 2.69. The fraction of sp³-hybridized carbons (Fsp3) is 0.833. The van der Waals surface area contributed by atoms with Crippen molar-refractivity contribution < 1.29 is 27.5 Å². The molecule has 1 amide bonds. The summed E-state index contributed by atoms with van der Waals surface area (Å²) in [5, 5.41) is 4.64. The molecule has 1 saturated heterocycles. The summed E-state index contributed by atoms with van der Waals surface area (Å²) in [6.45, 7) is 5.48. The Bertz CT molecular complexity index is 377. The topological polar surface area (TPSA) is 67.4 Å². The molecule has 0 aliphatic carbocycles. The number of halogens is 3. The van der Waals surface area contributed by atoms with Gasteiger partial charge in [0.1, 0.15) is 11.6 Å². The van der Waals surface area contributed by atoms with E-state index in [1.54, 1.807) is 20.8 Å². The molecule has 0 bridgehead atoms. The molecule has 2 atom stereocenters. The zero-order valence-corrected chi connectivity index (χ0v) is 11.6. The van der Waals surface area contributed by atoms with E-state index >= 15 is 0 Å². The first-order valence-electron chi connectivity index (χ1n) is 6.34. The lowest BCUT2D eigenvalue weighted by Crippen LogP contribution is -2.59. The Morgan fingerprint density at radius 1 is 1.25 bits per heavy atom. The Morgan fingerprint density at radius 2 is 1.85 bits per heavy atom. The van der Waals surface area contributed by atoms with Gasteiger partial charge in [0, 0.05) is 0 Å². The summed E-state index contributed by atoms with van der Waals surface area (Å²) in [6.07, 6.45) is -4.10. The Labute approximate surface area is 115 Å². The molecule has 5 nitrogen and oxygen atoms in total. The van der Waals surface area contributed by atoms with Crippen LogP contribution in [0, 0.1) is 0 Å². The van der Waals surface area contributed by atoms with Crippen LogP contribution in [0.2, 0.25) is 0 Å². The minimum absolute atomic E-state index is 0.290. The van der Waals surface area contributed by atoms with Gasteiger partial charge >= 0.3 is 18.1 Å². The fourth-order valence-corrected chi connectivity index (χ4v) is 1.91. The number of carbonyl (C=O) groups is 2. The van der Waals surface area contributed by atoms with Gasteiger partial charge in [0.05, 0.1) is 6.04 Å². The number of nitrogens with one attached hydrogen (secondary N) is 2. The molecule has 0 aromatic heterocycles. The normalized spacial score (nSPS) is 24.1. The minimum atomic E-state index is -4.96. The van der Waals surface area contributed by atoms with Crippen LogP contribution in [0.3, 0.4) is 0 Å². The first-order valence-corrected chi connectivity index (χ1v) is 6.34. The van der Waals surface area contributed by atoms with Crippen LogP contribution in [-0.4, -0.2) is 42.3 Å². The first-order chi connectivity index (χ1) is 9.00. The second-order valence-electron chi connectivity index (χ2n) is 5.69. The number of esters is 1. The smallest absolute Gasteiger partial charge is 0.459 e. The number of carbonyl (C=O) groups excluding carboxylic acids is 2. The van der Waals surface area contributed by atoms with Crippen LogP contribution in [0.5, 0.6) is 0 Å². The molecular weight excluding hydrogens is 277 g/mol.